The first-order valence-electron chi connectivity index (χ1n) is 10.5. The van der Waals surface area contributed by atoms with E-state index in [0.29, 0.717) is 6.07 Å². The van der Waals surface area contributed by atoms with E-state index in [1.807, 2.05) is 0 Å². The fraction of sp³-hybridized carbons (Fsp3) is 0.455. The van der Waals surface area contributed by atoms with Crippen molar-refractivity contribution in [1.29, 1.82) is 0 Å². The molecule has 0 amide bonds. The van der Waals surface area contributed by atoms with Gasteiger partial charge in [0.15, 0.2) is 5.79 Å². The molecule has 1 aliphatic rings. The minimum Gasteiger partial charge on any atom is -0.405 e. The standard InChI is InChI=1S/C22H25F3O9S2/c1-14-5-8-16(9-6-14)35(26,27)30-12-19-20(33-21(3,4)32-19)13-31-36(28,29)17-10-7-15(2)18(11-17)34-22(23,24)25/h5-11,19-20H,12-13H2,1-4H3/t19-,20-/m0/s1. The Morgan fingerprint density at radius 1 is 0.833 bits per heavy atom. The molecular weight excluding hydrogens is 529 g/mol. The molecule has 36 heavy (non-hydrogen) atoms. The third-order valence-corrected chi connectivity index (χ3v) is 7.62. The topological polar surface area (TPSA) is 114 Å². The van der Waals surface area contributed by atoms with Crippen LogP contribution in [0, 0.1) is 13.8 Å². The lowest BCUT2D eigenvalue weighted by Crippen LogP contribution is -2.33. The average molecular weight is 555 g/mol. The molecule has 2 atom stereocenters. The molecule has 0 N–H and O–H groups in total. The van der Waals surface area contributed by atoms with E-state index in [-0.39, 0.29) is 10.5 Å². The minimum absolute atomic E-state index is 0.0625. The van der Waals surface area contributed by atoms with Crippen LogP contribution in [0.3, 0.4) is 0 Å². The van der Waals surface area contributed by atoms with Gasteiger partial charge in [0, 0.05) is 6.07 Å². The largest absolute Gasteiger partial charge is 0.573 e. The molecule has 0 radical (unpaired) electrons. The van der Waals surface area contributed by atoms with Gasteiger partial charge < -0.3 is 14.2 Å². The molecule has 1 aliphatic heterocycles. The summed E-state index contributed by atoms with van der Waals surface area (Å²) in [5.74, 6) is -1.90. The molecule has 1 heterocycles. The van der Waals surface area contributed by atoms with Gasteiger partial charge in [-0.25, -0.2) is 0 Å². The maximum Gasteiger partial charge on any atom is 0.573 e. The van der Waals surface area contributed by atoms with E-state index in [4.69, 9.17) is 17.8 Å². The van der Waals surface area contributed by atoms with E-state index in [1.165, 1.54) is 32.9 Å². The molecule has 0 aromatic heterocycles. The highest BCUT2D eigenvalue weighted by Crippen LogP contribution is 2.32. The van der Waals surface area contributed by atoms with Crippen molar-refractivity contribution in [3.05, 3.63) is 53.6 Å². The van der Waals surface area contributed by atoms with Gasteiger partial charge in [0.25, 0.3) is 20.2 Å². The lowest BCUT2D eigenvalue weighted by Gasteiger charge is -2.17. The van der Waals surface area contributed by atoms with Gasteiger partial charge in [-0.05, 0) is 51.5 Å². The number of ether oxygens (including phenoxy) is 3. The number of benzene rings is 2. The van der Waals surface area contributed by atoms with Crippen molar-refractivity contribution in [1.82, 2.24) is 0 Å². The Morgan fingerprint density at radius 3 is 1.81 bits per heavy atom. The first-order chi connectivity index (χ1) is 16.5. The summed E-state index contributed by atoms with van der Waals surface area (Å²) < 4.78 is 113. The normalized spacial score (nSPS) is 20.4. The Kier molecular flexibility index (Phi) is 8.08. The van der Waals surface area contributed by atoms with Crippen molar-refractivity contribution in [2.24, 2.45) is 0 Å². The lowest BCUT2D eigenvalue weighted by molar-refractivity contribution is -0.274. The monoisotopic (exact) mass is 554 g/mol. The second-order valence-electron chi connectivity index (χ2n) is 8.48. The Morgan fingerprint density at radius 2 is 1.31 bits per heavy atom. The maximum absolute atomic E-state index is 12.6. The van der Waals surface area contributed by atoms with Gasteiger partial charge in [-0.15, -0.1) is 13.2 Å². The summed E-state index contributed by atoms with van der Waals surface area (Å²) in [6.07, 6.45) is -7.11. The summed E-state index contributed by atoms with van der Waals surface area (Å²) in [6, 6.07) is 8.88. The van der Waals surface area contributed by atoms with Crippen LogP contribution in [0.25, 0.3) is 0 Å². The summed E-state index contributed by atoms with van der Waals surface area (Å²) in [5.41, 5.74) is 0.917. The Balaban J connectivity index is 1.70. The smallest absolute Gasteiger partial charge is 0.405 e. The highest BCUT2D eigenvalue weighted by atomic mass is 32.2. The number of rotatable bonds is 9. The molecule has 200 valence electrons. The summed E-state index contributed by atoms with van der Waals surface area (Å²) >= 11 is 0. The summed E-state index contributed by atoms with van der Waals surface area (Å²) in [5, 5.41) is 0. The Hall–Kier alpha value is -2.23. The quantitative estimate of drug-likeness (QED) is 0.427. The zero-order chi connectivity index (χ0) is 26.9. The van der Waals surface area contributed by atoms with Gasteiger partial charge in [0.05, 0.1) is 23.0 Å². The van der Waals surface area contributed by atoms with Crippen LogP contribution in [-0.2, 0) is 38.1 Å². The third kappa shape index (κ3) is 7.40. The zero-order valence-electron chi connectivity index (χ0n) is 19.7. The molecule has 1 fully saturated rings. The predicted octanol–water partition coefficient (Wildman–Crippen LogP) is 3.83. The number of hydrogen-bond acceptors (Lipinski definition) is 9. The predicted molar refractivity (Wildman–Crippen MR) is 119 cm³/mol. The van der Waals surface area contributed by atoms with Crippen LogP contribution in [0.1, 0.15) is 25.0 Å². The molecule has 2 aromatic rings. The summed E-state index contributed by atoms with van der Waals surface area (Å²) in [6.45, 7) is 5.06. The van der Waals surface area contributed by atoms with Crippen LogP contribution in [-0.4, -0.2) is 54.4 Å². The highest BCUT2D eigenvalue weighted by Gasteiger charge is 2.43. The van der Waals surface area contributed by atoms with Crippen molar-refractivity contribution in [3.63, 3.8) is 0 Å². The van der Waals surface area contributed by atoms with Crippen molar-refractivity contribution in [2.75, 3.05) is 13.2 Å². The van der Waals surface area contributed by atoms with E-state index >= 15 is 0 Å². The SMILES string of the molecule is Cc1ccc(S(=O)(=O)OC[C@@H]2OC(C)(C)O[C@H]2COS(=O)(=O)c2ccc(C)c(OC(F)(F)F)c2)cc1. The zero-order valence-corrected chi connectivity index (χ0v) is 21.4. The first-order valence-corrected chi connectivity index (χ1v) is 13.4. The summed E-state index contributed by atoms with van der Waals surface area (Å²) in [7, 11) is -8.67. The number of aryl methyl sites for hydroxylation is 2. The molecular formula is C22H25F3O9S2. The number of alkyl halides is 3. The Bertz CT molecular complexity index is 1290. The lowest BCUT2D eigenvalue weighted by atomic mass is 10.2. The van der Waals surface area contributed by atoms with Gasteiger partial charge in [0.2, 0.25) is 0 Å². The van der Waals surface area contributed by atoms with Crippen LogP contribution in [0.4, 0.5) is 13.2 Å². The summed E-state index contributed by atoms with van der Waals surface area (Å²) in [4.78, 5) is -0.641. The van der Waals surface area contributed by atoms with E-state index in [2.05, 4.69) is 4.74 Å². The molecule has 0 saturated carbocycles. The molecule has 1 saturated heterocycles. The van der Waals surface area contributed by atoms with E-state index in [1.54, 1.807) is 19.1 Å². The average Bonchev–Trinajstić information content (AvgIpc) is 3.05. The highest BCUT2D eigenvalue weighted by molar-refractivity contribution is 7.87. The van der Waals surface area contributed by atoms with Gasteiger partial charge in [-0.3, -0.25) is 8.37 Å². The first kappa shape index (κ1) is 28.3. The number of halogens is 3. The second kappa shape index (κ2) is 10.3. The van der Waals surface area contributed by atoms with Crippen LogP contribution in [0.2, 0.25) is 0 Å². The van der Waals surface area contributed by atoms with E-state index < -0.39 is 68.5 Å². The number of hydrogen-bond donors (Lipinski definition) is 0. The van der Waals surface area contributed by atoms with Crippen molar-refractivity contribution in [2.45, 2.75) is 61.8 Å². The molecule has 2 aromatic carbocycles. The van der Waals surface area contributed by atoms with E-state index in [0.717, 1.165) is 17.7 Å². The van der Waals surface area contributed by atoms with Gasteiger partial charge in [-0.1, -0.05) is 23.8 Å². The van der Waals surface area contributed by atoms with Crippen LogP contribution in [0.5, 0.6) is 5.75 Å². The maximum atomic E-state index is 12.6. The molecule has 9 nitrogen and oxygen atoms in total. The fourth-order valence-corrected chi connectivity index (χ4v) is 5.17. The van der Waals surface area contributed by atoms with Gasteiger partial charge >= 0.3 is 6.36 Å². The van der Waals surface area contributed by atoms with Crippen LogP contribution >= 0.6 is 0 Å². The molecule has 3 rings (SSSR count). The molecule has 14 heteroatoms. The van der Waals surface area contributed by atoms with Crippen LogP contribution < -0.4 is 4.74 Å². The molecule has 0 bridgehead atoms. The van der Waals surface area contributed by atoms with Gasteiger partial charge in [0.1, 0.15) is 18.0 Å². The molecule has 0 aliphatic carbocycles. The molecule has 0 unspecified atom stereocenters. The third-order valence-electron chi connectivity index (χ3n) is 5.04. The van der Waals surface area contributed by atoms with Crippen molar-refractivity contribution < 1.29 is 52.6 Å². The minimum atomic E-state index is -5.01. The van der Waals surface area contributed by atoms with Crippen LogP contribution in [0.15, 0.2) is 52.3 Å². The van der Waals surface area contributed by atoms with E-state index in [9.17, 15) is 30.0 Å². The second-order valence-corrected chi connectivity index (χ2v) is 11.7. The Labute approximate surface area is 207 Å². The fourth-order valence-electron chi connectivity index (χ4n) is 3.32. The molecule has 0 spiro atoms. The van der Waals surface area contributed by atoms with Crippen molar-refractivity contribution >= 4 is 20.2 Å². The van der Waals surface area contributed by atoms with Crippen molar-refractivity contribution in [3.8, 4) is 5.75 Å². The van der Waals surface area contributed by atoms with Gasteiger partial charge in [-0.2, -0.15) is 16.8 Å².